The van der Waals surface area contributed by atoms with Crippen LogP contribution in [0.5, 0.6) is 0 Å². The van der Waals surface area contributed by atoms with Crippen molar-refractivity contribution in [2.75, 3.05) is 12.3 Å². The van der Waals surface area contributed by atoms with Gasteiger partial charge in [-0.3, -0.25) is 14.4 Å². The van der Waals surface area contributed by atoms with Crippen LogP contribution in [0.15, 0.2) is 43.0 Å². The number of fused-ring (bicyclic) bond motifs is 1. The first kappa shape index (κ1) is 30.7. The quantitative estimate of drug-likeness (QED) is 0.0810. The predicted molar refractivity (Wildman–Crippen MR) is 152 cm³/mol. The van der Waals surface area contributed by atoms with E-state index < -0.39 is 47.9 Å². The van der Waals surface area contributed by atoms with Crippen LogP contribution in [0.25, 0.3) is 10.9 Å². The molecule has 0 spiro atoms. The number of hydrogen-bond acceptors (Lipinski definition) is 8. The molecule has 216 valence electrons. The Labute approximate surface area is 236 Å². The second-order valence-corrected chi connectivity index (χ2v) is 9.81. The van der Waals surface area contributed by atoms with Gasteiger partial charge in [0.05, 0.1) is 12.4 Å². The van der Waals surface area contributed by atoms with E-state index in [9.17, 15) is 24.3 Å². The molecule has 3 amide bonds. The zero-order valence-corrected chi connectivity index (χ0v) is 22.8. The summed E-state index contributed by atoms with van der Waals surface area (Å²) in [5.74, 6) is -3.01. The normalized spacial score (nSPS) is 14.2. The molecule has 4 unspecified atom stereocenters. The monoisotopic (exact) mass is 572 g/mol. The maximum Gasteiger partial charge on any atom is 0.326 e. The van der Waals surface area contributed by atoms with Crippen molar-refractivity contribution in [3.63, 3.8) is 0 Å². The highest BCUT2D eigenvalue weighted by molar-refractivity contribution is 7.80. The molecule has 4 atom stereocenters. The number of para-hydroxylation sites is 1. The second kappa shape index (κ2) is 15.1. The van der Waals surface area contributed by atoms with Crippen molar-refractivity contribution in [3.05, 3.63) is 54.2 Å². The molecule has 10 N–H and O–H groups in total. The van der Waals surface area contributed by atoms with Crippen molar-refractivity contribution in [2.24, 2.45) is 11.5 Å². The molecule has 0 bridgehead atoms. The number of carboxylic acid groups (broad SMARTS) is 1. The lowest BCUT2D eigenvalue weighted by Gasteiger charge is -2.25. The van der Waals surface area contributed by atoms with Gasteiger partial charge >= 0.3 is 5.97 Å². The number of benzene rings is 1. The van der Waals surface area contributed by atoms with E-state index in [0.29, 0.717) is 25.1 Å². The van der Waals surface area contributed by atoms with Crippen LogP contribution in [0.1, 0.15) is 30.5 Å². The van der Waals surface area contributed by atoms with Gasteiger partial charge in [-0.2, -0.15) is 12.6 Å². The number of imidazole rings is 1. The summed E-state index contributed by atoms with van der Waals surface area (Å²) in [7, 11) is 0. The van der Waals surface area contributed by atoms with Gasteiger partial charge in [-0.05, 0) is 37.4 Å². The lowest BCUT2D eigenvalue weighted by atomic mass is 10.0. The van der Waals surface area contributed by atoms with Crippen molar-refractivity contribution in [3.8, 4) is 0 Å². The molecule has 0 saturated carbocycles. The maximum absolute atomic E-state index is 13.3. The SMILES string of the molecule is NCCCCC(NC(=O)C(Cc1cnc[nH]1)NC(=O)C(N)CS)C(=O)NC(Cc1c[nH]c2ccccc12)C(=O)O. The summed E-state index contributed by atoms with van der Waals surface area (Å²) < 4.78 is 0. The van der Waals surface area contributed by atoms with E-state index in [1.54, 1.807) is 6.20 Å². The molecule has 14 heteroatoms. The van der Waals surface area contributed by atoms with Gasteiger partial charge in [-0.15, -0.1) is 0 Å². The molecular formula is C26H36N8O5S. The minimum absolute atomic E-state index is 0.0364. The van der Waals surface area contributed by atoms with Crippen LogP contribution in [0.2, 0.25) is 0 Å². The van der Waals surface area contributed by atoms with Gasteiger partial charge in [-0.25, -0.2) is 9.78 Å². The first-order valence-corrected chi connectivity index (χ1v) is 13.6. The standard InChI is InChI=1S/C26H36N8O5S/c27-8-4-3-7-20(32-25(37)21(10-16-12-29-14-31-16)33-23(35)18(28)13-40)24(36)34-22(26(38)39)9-15-11-30-19-6-2-1-5-17(15)19/h1-2,5-6,11-12,14,18,20-22,30,40H,3-4,7-10,13,27-28H2,(H,29,31)(H,32,37)(H,33,35)(H,34,36)(H,38,39). The number of hydrogen-bond donors (Lipinski definition) is 9. The Kier molecular flexibility index (Phi) is 11.5. The van der Waals surface area contributed by atoms with E-state index in [1.807, 2.05) is 24.3 Å². The molecule has 0 radical (unpaired) electrons. The number of carboxylic acids is 1. The summed E-state index contributed by atoms with van der Waals surface area (Å²) in [4.78, 5) is 61.1. The Bertz CT molecular complexity index is 1280. The van der Waals surface area contributed by atoms with Crippen molar-refractivity contribution in [1.29, 1.82) is 0 Å². The Balaban J connectivity index is 1.76. The number of nitrogens with one attached hydrogen (secondary N) is 5. The number of amides is 3. The molecule has 2 aromatic heterocycles. The summed E-state index contributed by atoms with van der Waals surface area (Å²) in [6, 6.07) is 3.12. The number of nitrogens with two attached hydrogens (primary N) is 2. The lowest BCUT2D eigenvalue weighted by molar-refractivity contribution is -0.142. The third-order valence-corrected chi connectivity index (χ3v) is 6.83. The number of thiol groups is 1. The highest BCUT2D eigenvalue weighted by atomic mass is 32.1. The number of aromatic amines is 2. The Hall–Kier alpha value is -3.88. The Morgan fingerprint density at radius 2 is 1.65 bits per heavy atom. The molecule has 0 aliphatic carbocycles. The smallest absolute Gasteiger partial charge is 0.326 e. The summed E-state index contributed by atoms with van der Waals surface area (Å²) in [6.45, 7) is 0.390. The van der Waals surface area contributed by atoms with Gasteiger partial charge in [0.15, 0.2) is 0 Å². The molecule has 0 fully saturated rings. The van der Waals surface area contributed by atoms with Crippen molar-refractivity contribution in [2.45, 2.75) is 56.3 Å². The van der Waals surface area contributed by atoms with Crippen LogP contribution in [0.4, 0.5) is 0 Å². The van der Waals surface area contributed by atoms with Crippen molar-refractivity contribution >= 4 is 47.2 Å². The van der Waals surface area contributed by atoms with E-state index in [4.69, 9.17) is 11.5 Å². The zero-order valence-electron chi connectivity index (χ0n) is 21.9. The van der Waals surface area contributed by atoms with Crippen LogP contribution >= 0.6 is 12.6 Å². The molecule has 3 aromatic rings. The van der Waals surface area contributed by atoms with Crippen LogP contribution in [-0.2, 0) is 32.0 Å². The van der Waals surface area contributed by atoms with Gasteiger partial charge in [0.2, 0.25) is 17.7 Å². The Morgan fingerprint density at radius 1 is 0.950 bits per heavy atom. The molecule has 13 nitrogen and oxygen atoms in total. The average Bonchev–Trinajstić information content (AvgIpc) is 3.61. The number of carbonyl (C=O) groups is 4. The van der Waals surface area contributed by atoms with Gasteiger partial charge in [0.25, 0.3) is 0 Å². The third kappa shape index (κ3) is 8.56. The van der Waals surface area contributed by atoms with Gasteiger partial charge in [0, 0.05) is 47.6 Å². The van der Waals surface area contributed by atoms with Gasteiger partial charge in [0.1, 0.15) is 18.1 Å². The van der Waals surface area contributed by atoms with Gasteiger partial charge in [-0.1, -0.05) is 18.2 Å². The number of unbranched alkanes of at least 4 members (excludes halogenated alkanes) is 1. The molecule has 40 heavy (non-hydrogen) atoms. The number of carbonyl (C=O) groups excluding carboxylic acids is 3. The fraction of sp³-hybridized carbons (Fsp3) is 0.423. The molecule has 3 rings (SSSR count). The average molecular weight is 573 g/mol. The highest BCUT2D eigenvalue weighted by Crippen LogP contribution is 2.19. The largest absolute Gasteiger partial charge is 0.480 e. The molecule has 0 aliphatic heterocycles. The van der Waals surface area contributed by atoms with E-state index in [1.165, 1.54) is 12.5 Å². The Morgan fingerprint density at radius 3 is 2.33 bits per heavy atom. The fourth-order valence-electron chi connectivity index (χ4n) is 4.21. The maximum atomic E-state index is 13.3. The second-order valence-electron chi connectivity index (χ2n) is 9.44. The number of aliphatic carboxylic acids is 1. The fourth-order valence-corrected chi connectivity index (χ4v) is 4.38. The summed E-state index contributed by atoms with van der Waals surface area (Å²) >= 11 is 4.03. The van der Waals surface area contributed by atoms with Crippen LogP contribution in [0.3, 0.4) is 0 Å². The summed E-state index contributed by atoms with van der Waals surface area (Å²) in [5.41, 5.74) is 13.5. The van der Waals surface area contributed by atoms with Crippen molar-refractivity contribution in [1.82, 2.24) is 30.9 Å². The topological polar surface area (TPSA) is 221 Å². The van der Waals surface area contributed by atoms with E-state index in [-0.39, 0.29) is 25.0 Å². The predicted octanol–water partition coefficient (Wildman–Crippen LogP) is -0.399. The molecule has 2 heterocycles. The van der Waals surface area contributed by atoms with Crippen LogP contribution < -0.4 is 27.4 Å². The minimum Gasteiger partial charge on any atom is -0.480 e. The van der Waals surface area contributed by atoms with Crippen LogP contribution in [-0.4, -0.2) is 80.2 Å². The van der Waals surface area contributed by atoms with Crippen molar-refractivity contribution < 1.29 is 24.3 Å². The third-order valence-electron chi connectivity index (χ3n) is 6.44. The van der Waals surface area contributed by atoms with Crippen LogP contribution in [0, 0.1) is 0 Å². The number of nitrogens with zero attached hydrogens (tertiary/aromatic N) is 1. The van der Waals surface area contributed by atoms with E-state index in [0.717, 1.165) is 16.5 Å². The first-order chi connectivity index (χ1) is 19.2. The number of rotatable bonds is 16. The number of aromatic nitrogens is 3. The molecule has 0 saturated heterocycles. The molecule has 0 aliphatic rings. The lowest BCUT2D eigenvalue weighted by Crippen LogP contribution is -2.58. The van der Waals surface area contributed by atoms with E-state index >= 15 is 0 Å². The molecule has 1 aromatic carbocycles. The minimum atomic E-state index is -1.24. The summed E-state index contributed by atoms with van der Waals surface area (Å²) in [5, 5.41) is 18.6. The summed E-state index contributed by atoms with van der Waals surface area (Å²) in [6.07, 6.45) is 6.09. The number of H-pyrrole nitrogens is 2. The highest BCUT2D eigenvalue weighted by Gasteiger charge is 2.31. The zero-order chi connectivity index (χ0) is 29.1. The van der Waals surface area contributed by atoms with Gasteiger partial charge < -0.3 is 42.5 Å². The first-order valence-electron chi connectivity index (χ1n) is 13.0. The van der Waals surface area contributed by atoms with E-state index in [2.05, 4.69) is 43.5 Å². The molecular weight excluding hydrogens is 536 g/mol.